The quantitative estimate of drug-likeness (QED) is 0.762. The lowest BCUT2D eigenvalue weighted by Gasteiger charge is -2.39. The van der Waals surface area contributed by atoms with E-state index in [9.17, 15) is 19.8 Å². The second kappa shape index (κ2) is 8.48. The number of carboxylic acid groups (broad SMARTS) is 1. The van der Waals surface area contributed by atoms with Crippen molar-refractivity contribution in [3.8, 4) is 0 Å². The molecule has 0 aromatic carbocycles. The number of allylic oxidation sites excluding steroid dienone is 1. The van der Waals surface area contributed by atoms with Gasteiger partial charge in [-0.05, 0) is 44.9 Å². The van der Waals surface area contributed by atoms with Crippen molar-refractivity contribution in [1.82, 2.24) is 4.90 Å². The van der Waals surface area contributed by atoms with E-state index in [1.807, 2.05) is 6.92 Å². The highest BCUT2D eigenvalue weighted by Crippen LogP contribution is 2.34. The summed E-state index contributed by atoms with van der Waals surface area (Å²) in [5.41, 5.74) is 0. The normalized spacial score (nSPS) is 26.2. The van der Waals surface area contributed by atoms with Crippen LogP contribution in [0.2, 0.25) is 0 Å². The third-order valence-electron chi connectivity index (χ3n) is 5.27. The molecule has 1 heterocycles. The van der Waals surface area contributed by atoms with Crippen molar-refractivity contribution >= 4 is 11.9 Å². The van der Waals surface area contributed by atoms with Crippen molar-refractivity contribution in [3.05, 3.63) is 12.2 Å². The zero-order chi connectivity index (χ0) is 16.8. The van der Waals surface area contributed by atoms with Gasteiger partial charge in [-0.15, -0.1) is 0 Å². The lowest BCUT2D eigenvalue weighted by molar-refractivity contribution is -0.157. The Morgan fingerprint density at radius 2 is 1.74 bits per heavy atom. The van der Waals surface area contributed by atoms with Gasteiger partial charge in [0.15, 0.2) is 0 Å². The summed E-state index contributed by atoms with van der Waals surface area (Å²) in [6.07, 6.45) is 10.0. The topological polar surface area (TPSA) is 77.8 Å². The van der Waals surface area contributed by atoms with Crippen LogP contribution >= 0.6 is 0 Å². The van der Waals surface area contributed by atoms with Crippen LogP contribution in [0.4, 0.5) is 0 Å². The number of hydrogen-bond donors (Lipinski definition) is 2. The van der Waals surface area contributed by atoms with E-state index in [1.165, 1.54) is 11.3 Å². The van der Waals surface area contributed by atoms with Crippen LogP contribution in [0.25, 0.3) is 0 Å². The van der Waals surface area contributed by atoms with Gasteiger partial charge in [0.1, 0.15) is 6.04 Å². The maximum atomic E-state index is 13.1. The minimum Gasteiger partial charge on any atom is -0.480 e. The number of carbonyl (C=O) groups is 2. The molecule has 3 atom stereocenters. The van der Waals surface area contributed by atoms with E-state index in [2.05, 4.69) is 0 Å². The lowest BCUT2D eigenvalue weighted by Crippen LogP contribution is -2.53. The van der Waals surface area contributed by atoms with Gasteiger partial charge < -0.3 is 15.1 Å². The van der Waals surface area contributed by atoms with Crippen molar-refractivity contribution in [2.45, 2.75) is 70.4 Å². The van der Waals surface area contributed by atoms with Crippen LogP contribution in [0, 0.1) is 11.8 Å². The molecule has 0 radical (unpaired) electrons. The number of amides is 1. The maximum absolute atomic E-state index is 13.1. The first-order valence-electron chi connectivity index (χ1n) is 8.90. The van der Waals surface area contributed by atoms with E-state index >= 15 is 0 Å². The smallest absolute Gasteiger partial charge is 0.326 e. The minimum absolute atomic E-state index is 0.152. The van der Waals surface area contributed by atoms with Gasteiger partial charge in [-0.25, -0.2) is 4.79 Å². The number of nitrogens with zero attached hydrogens (tertiary/aromatic N) is 1. The van der Waals surface area contributed by atoms with Gasteiger partial charge in [-0.3, -0.25) is 4.79 Å². The first-order valence-corrected chi connectivity index (χ1v) is 8.90. The van der Waals surface area contributed by atoms with E-state index in [4.69, 9.17) is 0 Å². The number of carbonyl (C=O) groups excluding carboxylic acids is 1. The molecule has 1 unspecified atom stereocenters. The van der Waals surface area contributed by atoms with Crippen molar-refractivity contribution in [2.75, 3.05) is 6.54 Å². The largest absolute Gasteiger partial charge is 0.480 e. The van der Waals surface area contributed by atoms with Gasteiger partial charge >= 0.3 is 5.97 Å². The molecule has 5 heteroatoms. The number of aliphatic hydroxyl groups excluding tert-OH is 1. The van der Waals surface area contributed by atoms with Crippen molar-refractivity contribution in [3.63, 3.8) is 0 Å². The van der Waals surface area contributed by atoms with Crippen LogP contribution in [0.1, 0.15) is 58.3 Å². The first kappa shape index (κ1) is 18.0. The Bertz CT molecular complexity index is 442. The average Bonchev–Trinajstić information content (AvgIpc) is 2.56. The summed E-state index contributed by atoms with van der Waals surface area (Å²) in [4.78, 5) is 26.1. The summed E-state index contributed by atoms with van der Waals surface area (Å²) >= 11 is 0. The molecule has 0 spiro atoms. The van der Waals surface area contributed by atoms with Crippen LogP contribution in [-0.2, 0) is 9.59 Å². The van der Waals surface area contributed by atoms with Crippen molar-refractivity contribution in [2.24, 2.45) is 11.8 Å². The van der Waals surface area contributed by atoms with Crippen LogP contribution < -0.4 is 0 Å². The molecule has 0 aromatic heterocycles. The summed E-state index contributed by atoms with van der Waals surface area (Å²) in [5, 5.41) is 19.9. The highest BCUT2D eigenvalue weighted by atomic mass is 16.4. The van der Waals surface area contributed by atoms with Gasteiger partial charge in [0.25, 0.3) is 0 Å². The van der Waals surface area contributed by atoms with Crippen molar-refractivity contribution in [1.29, 1.82) is 0 Å². The molecular formula is C18H29NO4. The third kappa shape index (κ3) is 4.34. The number of hydrogen-bond acceptors (Lipinski definition) is 3. The second-order valence-electron chi connectivity index (χ2n) is 6.82. The Labute approximate surface area is 138 Å². The fourth-order valence-corrected chi connectivity index (χ4v) is 4.08. The number of rotatable bonds is 5. The minimum atomic E-state index is -0.930. The monoisotopic (exact) mass is 323 g/mol. The van der Waals surface area contributed by atoms with Crippen LogP contribution in [0.3, 0.4) is 0 Å². The van der Waals surface area contributed by atoms with E-state index in [1.54, 1.807) is 12.2 Å². The number of piperidine rings is 1. The third-order valence-corrected chi connectivity index (χ3v) is 5.27. The fraction of sp³-hybridized carbons (Fsp3) is 0.778. The molecular weight excluding hydrogens is 294 g/mol. The summed E-state index contributed by atoms with van der Waals surface area (Å²) in [7, 11) is 0. The molecule has 0 bridgehead atoms. The van der Waals surface area contributed by atoms with Gasteiger partial charge in [0.2, 0.25) is 5.91 Å². The predicted octanol–water partition coefficient (Wildman–Crippen LogP) is 2.59. The van der Waals surface area contributed by atoms with Crippen LogP contribution in [0.5, 0.6) is 0 Å². The molecule has 2 rings (SSSR count). The maximum Gasteiger partial charge on any atom is 0.326 e. The summed E-state index contributed by atoms with van der Waals surface area (Å²) in [5.74, 6) is -1.46. The van der Waals surface area contributed by atoms with Gasteiger partial charge in [0.05, 0.1) is 12.0 Å². The van der Waals surface area contributed by atoms with E-state index in [0.29, 0.717) is 13.0 Å². The van der Waals surface area contributed by atoms with E-state index in [0.717, 1.165) is 38.5 Å². The van der Waals surface area contributed by atoms with Crippen molar-refractivity contribution < 1.29 is 19.8 Å². The molecule has 2 fully saturated rings. The number of aliphatic carboxylic acids is 1. The summed E-state index contributed by atoms with van der Waals surface area (Å²) < 4.78 is 0. The summed E-state index contributed by atoms with van der Waals surface area (Å²) in [6, 6.07) is -0.736. The van der Waals surface area contributed by atoms with Crippen LogP contribution in [0.15, 0.2) is 12.2 Å². The molecule has 23 heavy (non-hydrogen) atoms. The van der Waals surface area contributed by atoms with Crippen LogP contribution in [-0.4, -0.2) is 45.7 Å². The van der Waals surface area contributed by atoms with E-state index < -0.39 is 24.0 Å². The number of carboxylic acids is 1. The standard InChI is InChI=1S/C18H29NO4/c1-2-8-15(20)16(13-9-4-3-5-10-13)17(21)19-12-7-6-11-14(19)18(22)23/h2,8,13-16,20H,3-7,9-12H2,1H3,(H,22,23)/t14?,15-,16+/m1/s1. The Morgan fingerprint density at radius 3 is 2.35 bits per heavy atom. The average molecular weight is 323 g/mol. The molecule has 1 saturated carbocycles. The first-order chi connectivity index (χ1) is 11.1. The van der Waals surface area contributed by atoms with Gasteiger partial charge in [-0.1, -0.05) is 31.4 Å². The molecule has 5 nitrogen and oxygen atoms in total. The zero-order valence-electron chi connectivity index (χ0n) is 14.0. The van der Waals surface area contributed by atoms with Gasteiger partial charge in [0, 0.05) is 6.54 Å². The SMILES string of the molecule is CC=C[C@@H](O)[C@@H](C(=O)N1CCCCC1C(=O)O)C1CCCCC1. The Morgan fingerprint density at radius 1 is 1.09 bits per heavy atom. The summed E-state index contributed by atoms with van der Waals surface area (Å²) in [6.45, 7) is 2.31. The highest BCUT2D eigenvalue weighted by molar-refractivity contribution is 5.86. The molecule has 1 saturated heterocycles. The zero-order valence-corrected chi connectivity index (χ0v) is 14.0. The Balaban J connectivity index is 2.21. The molecule has 130 valence electrons. The number of likely N-dealkylation sites (tertiary alicyclic amines) is 1. The Kier molecular flexibility index (Phi) is 6.63. The highest BCUT2D eigenvalue weighted by Gasteiger charge is 2.41. The molecule has 1 aliphatic carbocycles. The second-order valence-corrected chi connectivity index (χ2v) is 6.82. The Hall–Kier alpha value is -1.36. The van der Waals surface area contributed by atoms with E-state index in [-0.39, 0.29) is 11.8 Å². The molecule has 1 amide bonds. The van der Waals surface area contributed by atoms with Gasteiger partial charge in [-0.2, -0.15) is 0 Å². The molecule has 2 N–H and O–H groups in total. The fourth-order valence-electron chi connectivity index (χ4n) is 4.08. The molecule has 0 aromatic rings. The predicted molar refractivity (Wildman–Crippen MR) is 87.9 cm³/mol. The lowest BCUT2D eigenvalue weighted by atomic mass is 9.76. The number of aliphatic hydroxyl groups is 1. The molecule has 2 aliphatic rings. The molecule has 1 aliphatic heterocycles.